The molecule has 0 aliphatic carbocycles. The highest BCUT2D eigenvalue weighted by Gasteiger charge is 2.01. The SMILES string of the molecule is CN(C)C(=O)NCc1cccc(Br)c1. The molecule has 1 N–H and O–H groups in total. The third-order valence-electron chi connectivity index (χ3n) is 1.74. The lowest BCUT2D eigenvalue weighted by molar-refractivity contribution is 0.217. The van der Waals surface area contributed by atoms with Gasteiger partial charge in [-0.1, -0.05) is 28.1 Å². The van der Waals surface area contributed by atoms with Crippen molar-refractivity contribution in [1.82, 2.24) is 10.2 Å². The van der Waals surface area contributed by atoms with Gasteiger partial charge in [-0.25, -0.2) is 4.79 Å². The number of hydrogen-bond acceptors (Lipinski definition) is 1. The first-order chi connectivity index (χ1) is 6.59. The van der Waals surface area contributed by atoms with E-state index in [2.05, 4.69) is 21.2 Å². The third kappa shape index (κ3) is 3.38. The fraction of sp³-hybridized carbons (Fsp3) is 0.300. The Morgan fingerprint density at radius 2 is 2.21 bits per heavy atom. The van der Waals surface area contributed by atoms with E-state index in [9.17, 15) is 4.79 Å². The zero-order valence-corrected chi connectivity index (χ0v) is 9.84. The van der Waals surface area contributed by atoms with E-state index in [1.54, 1.807) is 14.1 Å². The molecule has 0 spiro atoms. The number of carbonyl (C=O) groups is 1. The van der Waals surface area contributed by atoms with Gasteiger partial charge >= 0.3 is 6.03 Å². The maximum Gasteiger partial charge on any atom is 0.317 e. The summed E-state index contributed by atoms with van der Waals surface area (Å²) in [5, 5.41) is 2.79. The first-order valence-corrected chi connectivity index (χ1v) is 5.08. The summed E-state index contributed by atoms with van der Waals surface area (Å²) in [4.78, 5) is 12.7. The van der Waals surface area contributed by atoms with Gasteiger partial charge in [-0.05, 0) is 17.7 Å². The molecule has 1 rings (SSSR count). The normalized spacial score (nSPS) is 9.64. The van der Waals surface area contributed by atoms with Crippen molar-refractivity contribution in [2.45, 2.75) is 6.54 Å². The van der Waals surface area contributed by atoms with Crippen molar-refractivity contribution in [3.05, 3.63) is 34.3 Å². The molecule has 0 aliphatic rings. The van der Waals surface area contributed by atoms with Gasteiger partial charge in [-0.2, -0.15) is 0 Å². The quantitative estimate of drug-likeness (QED) is 0.865. The highest BCUT2D eigenvalue weighted by Crippen LogP contribution is 2.11. The van der Waals surface area contributed by atoms with Crippen LogP contribution < -0.4 is 5.32 Å². The second-order valence-corrected chi connectivity index (χ2v) is 4.10. The number of nitrogens with one attached hydrogen (secondary N) is 1. The zero-order valence-electron chi connectivity index (χ0n) is 8.25. The number of nitrogens with zero attached hydrogens (tertiary/aromatic N) is 1. The van der Waals surface area contributed by atoms with Gasteiger partial charge in [-0.3, -0.25) is 0 Å². The Labute approximate surface area is 92.2 Å². The molecule has 0 heterocycles. The second-order valence-electron chi connectivity index (χ2n) is 3.18. The molecule has 0 unspecified atom stereocenters. The Morgan fingerprint density at radius 3 is 2.79 bits per heavy atom. The molecule has 4 heteroatoms. The van der Waals surface area contributed by atoms with Crippen molar-refractivity contribution in [1.29, 1.82) is 0 Å². The minimum atomic E-state index is -0.0787. The third-order valence-corrected chi connectivity index (χ3v) is 2.23. The molecule has 0 saturated carbocycles. The predicted molar refractivity (Wildman–Crippen MR) is 60.1 cm³/mol. The second kappa shape index (κ2) is 5.00. The molecule has 0 saturated heterocycles. The Morgan fingerprint density at radius 1 is 1.50 bits per heavy atom. The minimum Gasteiger partial charge on any atom is -0.334 e. The molecule has 1 aromatic rings. The molecular formula is C10H13BrN2O. The Bertz CT molecular complexity index is 326. The van der Waals surface area contributed by atoms with Gasteiger partial charge in [0.05, 0.1) is 0 Å². The number of halogens is 1. The molecule has 2 amide bonds. The molecule has 0 bridgehead atoms. The van der Waals surface area contributed by atoms with E-state index in [4.69, 9.17) is 0 Å². The maximum atomic E-state index is 11.2. The maximum absolute atomic E-state index is 11.2. The van der Waals surface area contributed by atoms with E-state index in [1.807, 2.05) is 24.3 Å². The average Bonchev–Trinajstić information content (AvgIpc) is 2.14. The van der Waals surface area contributed by atoms with Crippen molar-refractivity contribution in [2.75, 3.05) is 14.1 Å². The van der Waals surface area contributed by atoms with Crippen LogP contribution in [-0.2, 0) is 6.54 Å². The number of urea groups is 1. The summed E-state index contributed by atoms with van der Waals surface area (Å²) < 4.78 is 1.02. The van der Waals surface area contributed by atoms with Crippen LogP contribution in [0.1, 0.15) is 5.56 Å². The summed E-state index contributed by atoms with van der Waals surface area (Å²) in [6.45, 7) is 0.552. The fourth-order valence-corrected chi connectivity index (χ4v) is 1.43. The van der Waals surface area contributed by atoms with Crippen LogP contribution in [0.25, 0.3) is 0 Å². The molecule has 3 nitrogen and oxygen atoms in total. The van der Waals surface area contributed by atoms with Crippen LogP contribution in [0, 0.1) is 0 Å². The van der Waals surface area contributed by atoms with Gasteiger partial charge in [-0.15, -0.1) is 0 Å². The van der Waals surface area contributed by atoms with Gasteiger partial charge in [0.2, 0.25) is 0 Å². The van der Waals surface area contributed by atoms with Crippen LogP contribution in [0.2, 0.25) is 0 Å². The number of rotatable bonds is 2. The van der Waals surface area contributed by atoms with Crippen molar-refractivity contribution < 1.29 is 4.79 Å². The largest absolute Gasteiger partial charge is 0.334 e. The zero-order chi connectivity index (χ0) is 10.6. The number of benzene rings is 1. The van der Waals surface area contributed by atoms with Crippen LogP contribution in [0.15, 0.2) is 28.7 Å². The summed E-state index contributed by atoms with van der Waals surface area (Å²) in [6, 6.07) is 7.78. The lowest BCUT2D eigenvalue weighted by Gasteiger charge is -2.11. The van der Waals surface area contributed by atoms with E-state index in [-0.39, 0.29) is 6.03 Å². The number of carbonyl (C=O) groups excluding carboxylic acids is 1. The first kappa shape index (κ1) is 11.0. The van der Waals surface area contributed by atoms with Crippen LogP contribution >= 0.6 is 15.9 Å². The van der Waals surface area contributed by atoms with Crippen LogP contribution in [-0.4, -0.2) is 25.0 Å². The predicted octanol–water partition coefficient (Wildman–Crippen LogP) is 2.22. The Balaban J connectivity index is 2.50. The van der Waals surface area contributed by atoms with Gasteiger partial charge < -0.3 is 10.2 Å². The van der Waals surface area contributed by atoms with Crippen LogP contribution in [0.3, 0.4) is 0 Å². The van der Waals surface area contributed by atoms with Crippen molar-refractivity contribution >= 4 is 22.0 Å². The number of amides is 2. The topological polar surface area (TPSA) is 32.3 Å². The highest BCUT2D eigenvalue weighted by molar-refractivity contribution is 9.10. The summed E-state index contributed by atoms with van der Waals surface area (Å²) in [7, 11) is 3.44. The molecule has 14 heavy (non-hydrogen) atoms. The molecular weight excluding hydrogens is 244 g/mol. The molecule has 1 aromatic carbocycles. The summed E-state index contributed by atoms with van der Waals surface area (Å²) in [5.74, 6) is 0. The van der Waals surface area contributed by atoms with E-state index in [0.717, 1.165) is 10.0 Å². The van der Waals surface area contributed by atoms with E-state index in [1.165, 1.54) is 4.90 Å². The van der Waals surface area contributed by atoms with Gasteiger partial charge in [0.1, 0.15) is 0 Å². The molecule has 0 aliphatic heterocycles. The van der Waals surface area contributed by atoms with Crippen LogP contribution in [0.5, 0.6) is 0 Å². The van der Waals surface area contributed by atoms with Crippen LogP contribution in [0.4, 0.5) is 4.79 Å². The molecule has 76 valence electrons. The molecule has 0 fully saturated rings. The summed E-state index contributed by atoms with van der Waals surface area (Å²) >= 11 is 3.37. The van der Waals surface area contributed by atoms with Crippen molar-refractivity contribution in [3.8, 4) is 0 Å². The lowest BCUT2D eigenvalue weighted by Crippen LogP contribution is -2.33. The first-order valence-electron chi connectivity index (χ1n) is 4.29. The highest BCUT2D eigenvalue weighted by atomic mass is 79.9. The van der Waals surface area contributed by atoms with Gasteiger partial charge in [0.25, 0.3) is 0 Å². The average molecular weight is 257 g/mol. The molecule has 0 atom stereocenters. The minimum absolute atomic E-state index is 0.0787. The smallest absolute Gasteiger partial charge is 0.317 e. The molecule has 0 radical (unpaired) electrons. The Hall–Kier alpha value is -1.03. The standard InChI is InChI=1S/C10H13BrN2O/c1-13(2)10(14)12-7-8-4-3-5-9(11)6-8/h3-6H,7H2,1-2H3,(H,12,14). The van der Waals surface area contributed by atoms with E-state index >= 15 is 0 Å². The van der Waals surface area contributed by atoms with Crippen molar-refractivity contribution in [3.63, 3.8) is 0 Å². The van der Waals surface area contributed by atoms with E-state index in [0.29, 0.717) is 6.54 Å². The van der Waals surface area contributed by atoms with Gasteiger partial charge in [0, 0.05) is 25.1 Å². The van der Waals surface area contributed by atoms with Crippen molar-refractivity contribution in [2.24, 2.45) is 0 Å². The van der Waals surface area contributed by atoms with E-state index < -0.39 is 0 Å². The number of hydrogen-bond donors (Lipinski definition) is 1. The monoisotopic (exact) mass is 256 g/mol. The summed E-state index contributed by atoms with van der Waals surface area (Å²) in [6.07, 6.45) is 0. The fourth-order valence-electron chi connectivity index (χ4n) is 0.983. The lowest BCUT2D eigenvalue weighted by atomic mass is 10.2. The summed E-state index contributed by atoms with van der Waals surface area (Å²) in [5.41, 5.74) is 1.08. The molecule has 0 aromatic heterocycles. The van der Waals surface area contributed by atoms with Gasteiger partial charge in [0.15, 0.2) is 0 Å². The Kier molecular flexibility index (Phi) is 3.95.